The van der Waals surface area contributed by atoms with Gasteiger partial charge < -0.3 is 0 Å². The Balaban J connectivity index is 2.44. The topological polar surface area (TPSA) is 54.9 Å². The molecule has 4 nitrogen and oxygen atoms in total. The van der Waals surface area contributed by atoms with Crippen LogP contribution in [0.3, 0.4) is 0 Å². The smallest absolute Gasteiger partial charge is 0.296 e. The van der Waals surface area contributed by atoms with Gasteiger partial charge in [-0.15, -0.1) is 0 Å². The minimum absolute atomic E-state index is 0.300. The summed E-state index contributed by atoms with van der Waals surface area (Å²) < 4.78 is 2.46. The number of nitrogens with zero attached hydrogens (tertiary/aromatic N) is 1. The number of hydrogen-bond acceptors (Lipinski definition) is 2. The van der Waals surface area contributed by atoms with Crippen LogP contribution in [0.5, 0.6) is 0 Å². The molecular formula is C13H13BrN2O2. The van der Waals surface area contributed by atoms with Crippen LogP contribution in [0.4, 0.5) is 0 Å². The monoisotopic (exact) mass is 308 g/mol. The van der Waals surface area contributed by atoms with E-state index in [0.29, 0.717) is 18.5 Å². The van der Waals surface area contributed by atoms with Crippen molar-refractivity contribution in [3.05, 3.63) is 66.9 Å². The fourth-order valence-electron chi connectivity index (χ4n) is 1.73. The third kappa shape index (κ3) is 2.61. The molecule has 1 aromatic carbocycles. The Morgan fingerprint density at radius 3 is 2.61 bits per heavy atom. The molecule has 0 atom stereocenters. The van der Waals surface area contributed by atoms with Crippen molar-refractivity contribution < 1.29 is 0 Å². The lowest BCUT2D eigenvalue weighted by atomic mass is 10.2. The number of benzene rings is 1. The minimum Gasteiger partial charge on any atom is -0.296 e. The highest BCUT2D eigenvalue weighted by molar-refractivity contribution is 9.10. The number of rotatable bonds is 3. The Kier molecular flexibility index (Phi) is 3.81. The lowest BCUT2D eigenvalue weighted by molar-refractivity contribution is 0.706. The Labute approximate surface area is 112 Å². The zero-order valence-electron chi connectivity index (χ0n) is 9.94. The standard InChI is InChI=1S/C13H13BrN2O2/c1-2-9-7-16(13(18)15-12(9)17)8-10-5-3-4-6-11(10)14/h3-7H,2,8H2,1H3,(H,15,17,18). The van der Waals surface area contributed by atoms with Gasteiger partial charge in [-0.05, 0) is 18.1 Å². The maximum atomic E-state index is 11.7. The Morgan fingerprint density at radius 2 is 1.94 bits per heavy atom. The SMILES string of the molecule is CCc1cn(Cc2ccccc2Br)c(=O)[nH]c1=O. The summed E-state index contributed by atoms with van der Waals surface area (Å²) in [5.41, 5.74) is 0.925. The second-order valence-electron chi connectivity index (χ2n) is 3.99. The quantitative estimate of drug-likeness (QED) is 0.941. The third-order valence-electron chi connectivity index (χ3n) is 2.76. The van der Waals surface area contributed by atoms with Gasteiger partial charge in [0.15, 0.2) is 0 Å². The van der Waals surface area contributed by atoms with E-state index >= 15 is 0 Å². The van der Waals surface area contributed by atoms with Crippen molar-refractivity contribution in [3.8, 4) is 0 Å². The molecule has 5 heteroatoms. The number of nitrogens with one attached hydrogen (secondary N) is 1. The first-order valence-corrected chi connectivity index (χ1v) is 6.47. The van der Waals surface area contributed by atoms with Gasteiger partial charge >= 0.3 is 5.69 Å². The van der Waals surface area contributed by atoms with Crippen LogP contribution in [0.2, 0.25) is 0 Å². The highest BCUT2D eigenvalue weighted by Crippen LogP contribution is 2.16. The van der Waals surface area contributed by atoms with Gasteiger partial charge in [-0.1, -0.05) is 41.1 Å². The minimum atomic E-state index is -0.382. The van der Waals surface area contributed by atoms with Gasteiger partial charge in [0.1, 0.15) is 0 Å². The number of H-pyrrole nitrogens is 1. The number of aromatic amines is 1. The Hall–Kier alpha value is -1.62. The van der Waals surface area contributed by atoms with E-state index in [1.165, 1.54) is 4.57 Å². The average molecular weight is 309 g/mol. The summed E-state index contributed by atoms with van der Waals surface area (Å²) in [5, 5.41) is 0. The van der Waals surface area contributed by atoms with Crippen molar-refractivity contribution in [1.82, 2.24) is 9.55 Å². The van der Waals surface area contributed by atoms with Gasteiger partial charge in [-0.25, -0.2) is 4.79 Å². The molecule has 2 aromatic rings. The fraction of sp³-hybridized carbons (Fsp3) is 0.231. The van der Waals surface area contributed by atoms with E-state index in [1.54, 1.807) is 6.20 Å². The summed E-state index contributed by atoms with van der Waals surface area (Å²) in [6.45, 7) is 2.32. The second-order valence-corrected chi connectivity index (χ2v) is 4.84. The van der Waals surface area contributed by atoms with E-state index in [2.05, 4.69) is 20.9 Å². The van der Waals surface area contributed by atoms with Crippen LogP contribution >= 0.6 is 15.9 Å². The Morgan fingerprint density at radius 1 is 1.22 bits per heavy atom. The van der Waals surface area contributed by atoms with E-state index in [-0.39, 0.29) is 11.2 Å². The lowest BCUT2D eigenvalue weighted by Gasteiger charge is -2.08. The summed E-state index contributed by atoms with van der Waals surface area (Å²) in [5.74, 6) is 0. The van der Waals surface area contributed by atoms with Crippen LogP contribution in [-0.2, 0) is 13.0 Å². The van der Waals surface area contributed by atoms with Crippen LogP contribution in [0.1, 0.15) is 18.1 Å². The van der Waals surface area contributed by atoms with Crippen molar-refractivity contribution >= 4 is 15.9 Å². The molecule has 1 N–H and O–H groups in total. The number of aromatic nitrogens is 2. The zero-order chi connectivity index (χ0) is 13.1. The maximum absolute atomic E-state index is 11.7. The summed E-state index contributed by atoms with van der Waals surface area (Å²) in [4.78, 5) is 25.5. The Bertz CT molecular complexity index is 673. The van der Waals surface area contributed by atoms with Crippen molar-refractivity contribution in [3.63, 3.8) is 0 Å². The van der Waals surface area contributed by atoms with E-state index in [4.69, 9.17) is 0 Å². The van der Waals surface area contributed by atoms with Crippen LogP contribution in [-0.4, -0.2) is 9.55 Å². The molecule has 2 rings (SSSR count). The van der Waals surface area contributed by atoms with Gasteiger partial charge in [-0.3, -0.25) is 14.3 Å². The van der Waals surface area contributed by atoms with Crippen molar-refractivity contribution in [2.45, 2.75) is 19.9 Å². The number of hydrogen-bond donors (Lipinski definition) is 1. The molecule has 0 amide bonds. The lowest BCUT2D eigenvalue weighted by Crippen LogP contribution is -2.31. The highest BCUT2D eigenvalue weighted by Gasteiger charge is 2.05. The molecule has 1 heterocycles. The maximum Gasteiger partial charge on any atom is 0.328 e. The van der Waals surface area contributed by atoms with Crippen LogP contribution in [0.15, 0.2) is 44.5 Å². The van der Waals surface area contributed by atoms with Gasteiger partial charge in [-0.2, -0.15) is 0 Å². The third-order valence-corrected chi connectivity index (χ3v) is 3.54. The summed E-state index contributed by atoms with van der Waals surface area (Å²) >= 11 is 3.44. The predicted octanol–water partition coefficient (Wildman–Crippen LogP) is 1.91. The predicted molar refractivity (Wildman–Crippen MR) is 73.9 cm³/mol. The molecular weight excluding hydrogens is 296 g/mol. The molecule has 0 aliphatic carbocycles. The number of halogens is 1. The van der Waals surface area contributed by atoms with E-state index in [1.807, 2.05) is 31.2 Å². The van der Waals surface area contributed by atoms with E-state index in [9.17, 15) is 9.59 Å². The largest absolute Gasteiger partial charge is 0.328 e. The molecule has 0 saturated carbocycles. The van der Waals surface area contributed by atoms with E-state index < -0.39 is 0 Å². The molecule has 0 unspecified atom stereocenters. The van der Waals surface area contributed by atoms with Crippen LogP contribution in [0, 0.1) is 0 Å². The average Bonchev–Trinajstić information content (AvgIpc) is 2.35. The summed E-state index contributed by atoms with van der Waals surface area (Å²) in [7, 11) is 0. The molecule has 18 heavy (non-hydrogen) atoms. The summed E-state index contributed by atoms with van der Waals surface area (Å²) in [6.07, 6.45) is 2.23. The van der Waals surface area contributed by atoms with Crippen molar-refractivity contribution in [1.29, 1.82) is 0 Å². The van der Waals surface area contributed by atoms with Gasteiger partial charge in [0.2, 0.25) is 0 Å². The van der Waals surface area contributed by atoms with Crippen LogP contribution < -0.4 is 11.2 Å². The first-order chi connectivity index (χ1) is 8.61. The van der Waals surface area contributed by atoms with Gasteiger partial charge in [0.25, 0.3) is 5.56 Å². The molecule has 0 fully saturated rings. The zero-order valence-corrected chi connectivity index (χ0v) is 11.5. The van der Waals surface area contributed by atoms with Crippen molar-refractivity contribution in [2.75, 3.05) is 0 Å². The molecule has 0 radical (unpaired) electrons. The summed E-state index contributed by atoms with van der Waals surface area (Å²) in [6, 6.07) is 7.69. The van der Waals surface area contributed by atoms with Crippen LogP contribution in [0.25, 0.3) is 0 Å². The first kappa shape index (κ1) is 12.8. The number of aryl methyl sites for hydroxylation is 1. The fourth-order valence-corrected chi connectivity index (χ4v) is 2.14. The normalized spacial score (nSPS) is 10.6. The molecule has 1 aromatic heterocycles. The molecule has 0 aliphatic rings. The van der Waals surface area contributed by atoms with Gasteiger partial charge in [0.05, 0.1) is 6.54 Å². The molecule has 0 spiro atoms. The van der Waals surface area contributed by atoms with E-state index in [0.717, 1.165) is 10.0 Å². The highest BCUT2D eigenvalue weighted by atomic mass is 79.9. The molecule has 0 saturated heterocycles. The molecule has 0 aliphatic heterocycles. The van der Waals surface area contributed by atoms with Gasteiger partial charge in [0, 0.05) is 16.2 Å². The molecule has 0 bridgehead atoms. The molecule has 94 valence electrons. The second kappa shape index (κ2) is 5.35. The van der Waals surface area contributed by atoms with Crippen molar-refractivity contribution in [2.24, 2.45) is 0 Å². The first-order valence-electron chi connectivity index (χ1n) is 5.68.